The molecule has 0 amide bonds. The van der Waals surface area contributed by atoms with Crippen molar-refractivity contribution in [2.75, 3.05) is 25.0 Å². The highest BCUT2D eigenvalue weighted by atomic mass is 15.0. The van der Waals surface area contributed by atoms with E-state index in [1.807, 2.05) is 13.0 Å². The number of rotatable bonds is 3. The number of hydrogen-bond acceptors (Lipinski definition) is 4. The Morgan fingerprint density at radius 3 is 3.18 bits per heavy atom. The predicted molar refractivity (Wildman–Crippen MR) is 67.7 cm³/mol. The lowest BCUT2D eigenvalue weighted by atomic mass is 10.1. The maximum Gasteiger partial charge on any atom is 0.144 e. The van der Waals surface area contributed by atoms with Crippen LogP contribution in [0, 0.1) is 18.3 Å². The molecule has 0 bridgehead atoms. The van der Waals surface area contributed by atoms with Gasteiger partial charge in [0.25, 0.3) is 0 Å². The van der Waals surface area contributed by atoms with Crippen molar-refractivity contribution in [2.45, 2.75) is 13.3 Å². The zero-order valence-electron chi connectivity index (χ0n) is 9.95. The topological polar surface area (TPSA) is 60.7 Å². The molecule has 0 spiro atoms. The first-order valence-electron chi connectivity index (χ1n) is 5.79. The van der Waals surface area contributed by atoms with Crippen LogP contribution in [-0.4, -0.2) is 24.6 Å². The van der Waals surface area contributed by atoms with Crippen LogP contribution in [0.25, 0.3) is 0 Å². The molecule has 4 nitrogen and oxygen atoms in total. The summed E-state index contributed by atoms with van der Waals surface area (Å²) in [6.07, 6.45) is 4.98. The molecule has 17 heavy (non-hydrogen) atoms. The largest absolute Gasteiger partial charge is 0.365 e. The molecule has 0 unspecified atom stereocenters. The Kier molecular flexibility index (Phi) is 3.73. The minimum atomic E-state index is 0.641. The fourth-order valence-electron chi connectivity index (χ4n) is 1.86. The number of pyridine rings is 1. The molecule has 2 rings (SSSR count). The van der Waals surface area contributed by atoms with E-state index >= 15 is 0 Å². The van der Waals surface area contributed by atoms with Gasteiger partial charge in [0.15, 0.2) is 0 Å². The third-order valence-corrected chi connectivity index (χ3v) is 2.91. The van der Waals surface area contributed by atoms with Gasteiger partial charge in [-0.2, -0.15) is 5.26 Å². The second kappa shape index (κ2) is 5.46. The van der Waals surface area contributed by atoms with Gasteiger partial charge in [-0.1, -0.05) is 11.6 Å². The van der Waals surface area contributed by atoms with Gasteiger partial charge in [0.1, 0.15) is 11.9 Å². The van der Waals surface area contributed by atoms with Crippen molar-refractivity contribution in [1.29, 1.82) is 5.26 Å². The lowest BCUT2D eigenvalue weighted by Gasteiger charge is -2.15. The summed E-state index contributed by atoms with van der Waals surface area (Å²) in [6.45, 7) is 4.66. The molecule has 0 atom stereocenters. The van der Waals surface area contributed by atoms with E-state index in [9.17, 15) is 0 Å². The normalized spacial score (nSPS) is 14.9. The van der Waals surface area contributed by atoms with Gasteiger partial charge in [0.05, 0.1) is 5.56 Å². The number of nitriles is 1. The van der Waals surface area contributed by atoms with Crippen LogP contribution in [0.15, 0.2) is 23.9 Å². The summed E-state index contributed by atoms with van der Waals surface area (Å²) in [5, 5.41) is 15.6. The maximum atomic E-state index is 9.08. The van der Waals surface area contributed by atoms with Gasteiger partial charge in [-0.3, -0.25) is 0 Å². The molecule has 0 saturated heterocycles. The average molecular weight is 228 g/mol. The van der Waals surface area contributed by atoms with Crippen molar-refractivity contribution < 1.29 is 0 Å². The van der Waals surface area contributed by atoms with E-state index in [-0.39, 0.29) is 0 Å². The Bertz CT molecular complexity index is 471. The van der Waals surface area contributed by atoms with Crippen LogP contribution in [0.2, 0.25) is 0 Å². The number of nitrogens with one attached hydrogen (secondary N) is 2. The summed E-state index contributed by atoms with van der Waals surface area (Å²) < 4.78 is 0. The molecule has 1 aromatic heterocycles. The van der Waals surface area contributed by atoms with E-state index in [4.69, 9.17) is 5.26 Å². The highest BCUT2D eigenvalue weighted by Crippen LogP contribution is 2.16. The summed E-state index contributed by atoms with van der Waals surface area (Å²) in [4.78, 5) is 4.22. The SMILES string of the molecule is Cc1ccnc(NCC2=CCNCC2)c1C#N. The fraction of sp³-hybridized carbons (Fsp3) is 0.385. The third kappa shape index (κ3) is 2.83. The molecule has 4 heteroatoms. The first kappa shape index (κ1) is 11.6. The summed E-state index contributed by atoms with van der Waals surface area (Å²) in [7, 11) is 0. The first-order chi connectivity index (χ1) is 8.31. The van der Waals surface area contributed by atoms with E-state index in [0.717, 1.165) is 31.6 Å². The quantitative estimate of drug-likeness (QED) is 0.771. The standard InChI is InChI=1S/C13H16N4/c1-10-2-7-16-13(12(10)8-14)17-9-11-3-5-15-6-4-11/h2-3,7,15H,4-6,9H2,1H3,(H,16,17). The molecule has 0 saturated carbocycles. The van der Waals surface area contributed by atoms with Gasteiger partial charge in [-0.05, 0) is 31.5 Å². The van der Waals surface area contributed by atoms with Crippen molar-refractivity contribution in [3.05, 3.63) is 35.0 Å². The smallest absolute Gasteiger partial charge is 0.144 e. The molecule has 0 aliphatic carbocycles. The van der Waals surface area contributed by atoms with E-state index in [0.29, 0.717) is 11.4 Å². The van der Waals surface area contributed by atoms with Crippen LogP contribution in [-0.2, 0) is 0 Å². The summed E-state index contributed by atoms with van der Waals surface area (Å²) in [5.41, 5.74) is 2.97. The Balaban J connectivity index is 2.06. The highest BCUT2D eigenvalue weighted by molar-refractivity contribution is 5.55. The van der Waals surface area contributed by atoms with Crippen molar-refractivity contribution in [3.63, 3.8) is 0 Å². The van der Waals surface area contributed by atoms with Gasteiger partial charge < -0.3 is 10.6 Å². The molecule has 0 radical (unpaired) electrons. The maximum absolute atomic E-state index is 9.08. The second-order valence-corrected chi connectivity index (χ2v) is 4.13. The Morgan fingerprint density at radius 1 is 1.59 bits per heavy atom. The third-order valence-electron chi connectivity index (χ3n) is 2.91. The van der Waals surface area contributed by atoms with E-state index in [2.05, 4.69) is 27.8 Å². The Morgan fingerprint density at radius 2 is 2.47 bits per heavy atom. The summed E-state index contributed by atoms with van der Waals surface area (Å²) in [6, 6.07) is 4.05. The highest BCUT2D eigenvalue weighted by Gasteiger charge is 2.07. The van der Waals surface area contributed by atoms with E-state index in [1.54, 1.807) is 6.20 Å². The van der Waals surface area contributed by atoms with Crippen LogP contribution < -0.4 is 10.6 Å². The number of hydrogen-bond donors (Lipinski definition) is 2. The molecule has 0 fully saturated rings. The van der Waals surface area contributed by atoms with E-state index in [1.165, 1.54) is 5.57 Å². The lowest BCUT2D eigenvalue weighted by Crippen LogP contribution is -2.23. The number of aryl methyl sites for hydroxylation is 1. The molecular weight excluding hydrogens is 212 g/mol. The number of nitrogens with zero attached hydrogens (tertiary/aromatic N) is 2. The zero-order chi connectivity index (χ0) is 12.1. The Labute approximate surface area is 101 Å². The van der Waals surface area contributed by atoms with Crippen LogP contribution >= 0.6 is 0 Å². The second-order valence-electron chi connectivity index (χ2n) is 4.13. The molecule has 2 heterocycles. The number of anilines is 1. The Hall–Kier alpha value is -1.86. The van der Waals surface area contributed by atoms with Crippen molar-refractivity contribution >= 4 is 5.82 Å². The zero-order valence-corrected chi connectivity index (χ0v) is 9.95. The molecule has 1 aromatic rings. The van der Waals surface area contributed by atoms with Crippen LogP contribution in [0.3, 0.4) is 0 Å². The molecular formula is C13H16N4. The summed E-state index contributed by atoms with van der Waals surface area (Å²) >= 11 is 0. The van der Waals surface area contributed by atoms with Crippen molar-refractivity contribution in [1.82, 2.24) is 10.3 Å². The van der Waals surface area contributed by atoms with Gasteiger partial charge in [0.2, 0.25) is 0 Å². The number of aromatic nitrogens is 1. The molecule has 88 valence electrons. The molecule has 1 aliphatic rings. The molecule has 1 aliphatic heterocycles. The van der Waals surface area contributed by atoms with Gasteiger partial charge in [0, 0.05) is 19.3 Å². The predicted octanol–water partition coefficient (Wildman–Crippen LogP) is 1.59. The fourth-order valence-corrected chi connectivity index (χ4v) is 1.86. The molecule has 2 N–H and O–H groups in total. The van der Waals surface area contributed by atoms with Gasteiger partial charge in [-0.15, -0.1) is 0 Å². The van der Waals surface area contributed by atoms with Crippen molar-refractivity contribution in [3.8, 4) is 6.07 Å². The molecule has 0 aromatic carbocycles. The van der Waals surface area contributed by atoms with Gasteiger partial charge >= 0.3 is 0 Å². The van der Waals surface area contributed by atoms with E-state index < -0.39 is 0 Å². The van der Waals surface area contributed by atoms with Crippen molar-refractivity contribution in [2.24, 2.45) is 0 Å². The van der Waals surface area contributed by atoms with Crippen LogP contribution in [0.4, 0.5) is 5.82 Å². The van der Waals surface area contributed by atoms with Crippen LogP contribution in [0.5, 0.6) is 0 Å². The van der Waals surface area contributed by atoms with Crippen LogP contribution in [0.1, 0.15) is 17.5 Å². The summed E-state index contributed by atoms with van der Waals surface area (Å²) in [5.74, 6) is 0.687. The minimum Gasteiger partial charge on any atom is -0.365 e. The monoisotopic (exact) mass is 228 g/mol. The first-order valence-corrected chi connectivity index (χ1v) is 5.79. The van der Waals surface area contributed by atoms with Gasteiger partial charge in [-0.25, -0.2) is 4.98 Å². The minimum absolute atomic E-state index is 0.641. The lowest BCUT2D eigenvalue weighted by molar-refractivity contribution is 0.697. The average Bonchev–Trinajstić information content (AvgIpc) is 2.37.